The molecule has 4 heteroatoms. The molecule has 0 radical (unpaired) electrons. The van der Waals surface area contributed by atoms with E-state index in [0.29, 0.717) is 5.92 Å². The summed E-state index contributed by atoms with van der Waals surface area (Å²) >= 11 is 9.72. The van der Waals surface area contributed by atoms with E-state index in [2.05, 4.69) is 22.0 Å². The van der Waals surface area contributed by atoms with Gasteiger partial charge in [0, 0.05) is 9.50 Å². The van der Waals surface area contributed by atoms with Crippen LogP contribution in [0.4, 0.5) is 0 Å². The molecule has 1 aromatic rings. The van der Waals surface area contributed by atoms with Gasteiger partial charge in [-0.1, -0.05) is 27.5 Å². The van der Waals surface area contributed by atoms with Crippen LogP contribution in [0, 0.1) is 11.8 Å². The van der Waals surface area contributed by atoms with E-state index in [1.165, 1.54) is 5.56 Å². The molecule has 0 heterocycles. The van der Waals surface area contributed by atoms with Gasteiger partial charge in [0.1, 0.15) is 5.60 Å². The van der Waals surface area contributed by atoms with Crippen molar-refractivity contribution >= 4 is 33.5 Å². The molecule has 1 aromatic carbocycles. The first-order valence-corrected chi connectivity index (χ1v) is 9.08. The molecule has 1 aliphatic carbocycles. The first-order chi connectivity index (χ1) is 10.2. The Bertz CT molecular complexity index is 536. The van der Waals surface area contributed by atoms with Crippen molar-refractivity contribution in [1.29, 1.82) is 0 Å². The van der Waals surface area contributed by atoms with Gasteiger partial charge in [-0.15, -0.1) is 0 Å². The Morgan fingerprint density at radius 1 is 1.36 bits per heavy atom. The molecule has 1 fully saturated rings. The number of rotatable bonds is 4. The normalized spacial score (nSPS) is 21.9. The summed E-state index contributed by atoms with van der Waals surface area (Å²) in [5, 5.41) is 0.824. The Labute approximate surface area is 146 Å². The Hall–Kier alpha value is -0.540. The van der Waals surface area contributed by atoms with Crippen LogP contribution < -0.4 is 0 Å². The van der Waals surface area contributed by atoms with Crippen LogP contribution in [0.15, 0.2) is 22.7 Å². The molecule has 0 aliphatic heterocycles. The smallest absolute Gasteiger partial charge is 0.309 e. The summed E-state index contributed by atoms with van der Waals surface area (Å²) in [6, 6.07) is 5.97. The lowest BCUT2D eigenvalue weighted by Gasteiger charge is -2.22. The number of aryl methyl sites for hydroxylation is 1. The Balaban J connectivity index is 1.84. The highest BCUT2D eigenvalue weighted by molar-refractivity contribution is 9.10. The summed E-state index contributed by atoms with van der Waals surface area (Å²) in [5.74, 6) is 0.630. The molecule has 122 valence electrons. The maximum Gasteiger partial charge on any atom is 0.309 e. The van der Waals surface area contributed by atoms with E-state index in [-0.39, 0.29) is 17.5 Å². The molecule has 22 heavy (non-hydrogen) atoms. The zero-order valence-electron chi connectivity index (χ0n) is 13.5. The van der Waals surface area contributed by atoms with Crippen LogP contribution in [0.5, 0.6) is 0 Å². The van der Waals surface area contributed by atoms with E-state index in [9.17, 15) is 4.79 Å². The van der Waals surface area contributed by atoms with Gasteiger partial charge >= 0.3 is 5.97 Å². The largest absolute Gasteiger partial charge is 0.460 e. The second-order valence-corrected chi connectivity index (χ2v) is 8.51. The minimum absolute atomic E-state index is 0.0320. The lowest BCUT2D eigenvalue weighted by atomic mass is 9.97. The lowest BCUT2D eigenvalue weighted by Crippen LogP contribution is -2.27. The van der Waals surface area contributed by atoms with Crippen molar-refractivity contribution in [3.63, 3.8) is 0 Å². The number of halogens is 2. The molecule has 0 aromatic heterocycles. The molecule has 0 amide bonds. The molecule has 0 N–H and O–H groups in total. The zero-order valence-corrected chi connectivity index (χ0v) is 15.8. The van der Waals surface area contributed by atoms with Crippen LogP contribution in [0.2, 0.25) is 5.02 Å². The third-order valence-electron chi connectivity index (χ3n) is 4.11. The fourth-order valence-corrected chi connectivity index (χ4v) is 3.65. The van der Waals surface area contributed by atoms with Crippen LogP contribution in [0.1, 0.15) is 52.0 Å². The molecule has 0 saturated heterocycles. The highest BCUT2D eigenvalue weighted by Crippen LogP contribution is 2.36. The Kier molecular flexibility index (Phi) is 5.95. The first-order valence-electron chi connectivity index (χ1n) is 7.91. The second kappa shape index (κ2) is 7.35. The standard InChI is InChI=1S/C18H24BrClO2/c1-18(2,3)22-17(21)14-7-5-12(10-14)4-6-13-11-15(19)8-9-16(13)20/h8-9,11-12,14H,4-7,10H2,1-3H3. The maximum absolute atomic E-state index is 12.1. The summed E-state index contributed by atoms with van der Waals surface area (Å²) in [7, 11) is 0. The zero-order chi connectivity index (χ0) is 16.3. The quantitative estimate of drug-likeness (QED) is 0.611. The second-order valence-electron chi connectivity index (χ2n) is 7.18. The fourth-order valence-electron chi connectivity index (χ4n) is 3.03. The molecule has 2 atom stereocenters. The number of esters is 1. The van der Waals surface area contributed by atoms with Crippen molar-refractivity contribution in [3.05, 3.63) is 33.3 Å². The maximum atomic E-state index is 12.1. The number of ether oxygens (including phenoxy) is 1. The summed E-state index contributed by atoms with van der Waals surface area (Å²) in [4.78, 5) is 12.1. The van der Waals surface area contributed by atoms with E-state index in [4.69, 9.17) is 16.3 Å². The number of hydrogen-bond donors (Lipinski definition) is 0. The number of carbonyl (C=O) groups excluding carboxylic acids is 1. The van der Waals surface area contributed by atoms with Crippen molar-refractivity contribution in [3.8, 4) is 0 Å². The molecular weight excluding hydrogens is 364 g/mol. The van der Waals surface area contributed by atoms with Crippen LogP contribution in [0.3, 0.4) is 0 Å². The summed E-state index contributed by atoms with van der Waals surface area (Å²) in [5.41, 5.74) is 0.788. The van der Waals surface area contributed by atoms with Crippen LogP contribution in [-0.4, -0.2) is 11.6 Å². The Morgan fingerprint density at radius 3 is 2.77 bits per heavy atom. The number of hydrogen-bond acceptors (Lipinski definition) is 2. The predicted molar refractivity (Wildman–Crippen MR) is 94.1 cm³/mol. The summed E-state index contributed by atoms with van der Waals surface area (Å²) < 4.78 is 6.56. The van der Waals surface area contributed by atoms with E-state index in [1.807, 2.05) is 32.9 Å². The van der Waals surface area contributed by atoms with E-state index in [1.54, 1.807) is 0 Å². The van der Waals surface area contributed by atoms with Crippen molar-refractivity contribution in [1.82, 2.24) is 0 Å². The van der Waals surface area contributed by atoms with Crippen LogP contribution >= 0.6 is 27.5 Å². The lowest BCUT2D eigenvalue weighted by molar-refractivity contribution is -0.159. The van der Waals surface area contributed by atoms with Gasteiger partial charge in [-0.25, -0.2) is 0 Å². The third kappa shape index (κ3) is 5.27. The molecule has 1 saturated carbocycles. The van der Waals surface area contributed by atoms with Gasteiger partial charge in [-0.05, 0) is 82.6 Å². The van der Waals surface area contributed by atoms with Crippen LogP contribution in [0.25, 0.3) is 0 Å². The van der Waals surface area contributed by atoms with Gasteiger partial charge in [-0.2, -0.15) is 0 Å². The molecule has 2 nitrogen and oxygen atoms in total. The van der Waals surface area contributed by atoms with Crippen molar-refractivity contribution in [2.45, 2.75) is 58.5 Å². The SMILES string of the molecule is CC(C)(C)OC(=O)C1CCC(CCc2cc(Br)ccc2Cl)C1. The predicted octanol–water partition coefficient (Wildman–Crippen LogP) is 5.79. The third-order valence-corrected chi connectivity index (χ3v) is 4.97. The number of carbonyl (C=O) groups is 1. The minimum atomic E-state index is -0.390. The van der Waals surface area contributed by atoms with Gasteiger partial charge in [0.25, 0.3) is 0 Å². The van der Waals surface area contributed by atoms with Crippen molar-refractivity contribution in [2.24, 2.45) is 11.8 Å². The average Bonchev–Trinajstić information content (AvgIpc) is 2.87. The summed E-state index contributed by atoms with van der Waals surface area (Å²) in [6.45, 7) is 5.77. The average molecular weight is 388 g/mol. The molecule has 2 rings (SSSR count). The summed E-state index contributed by atoms with van der Waals surface area (Å²) in [6.07, 6.45) is 5.04. The van der Waals surface area contributed by atoms with Crippen molar-refractivity contribution < 1.29 is 9.53 Å². The number of benzene rings is 1. The van der Waals surface area contributed by atoms with Gasteiger partial charge < -0.3 is 4.74 Å². The first kappa shape index (κ1) is 17.8. The molecule has 0 spiro atoms. The minimum Gasteiger partial charge on any atom is -0.460 e. The van der Waals surface area contributed by atoms with E-state index >= 15 is 0 Å². The monoisotopic (exact) mass is 386 g/mol. The molecular formula is C18H24BrClO2. The van der Waals surface area contributed by atoms with E-state index < -0.39 is 0 Å². The molecule has 0 bridgehead atoms. The van der Waals surface area contributed by atoms with Gasteiger partial charge in [0.2, 0.25) is 0 Å². The topological polar surface area (TPSA) is 26.3 Å². The molecule has 1 aliphatic rings. The highest BCUT2D eigenvalue weighted by atomic mass is 79.9. The van der Waals surface area contributed by atoms with Crippen molar-refractivity contribution in [2.75, 3.05) is 0 Å². The van der Waals surface area contributed by atoms with Crippen LogP contribution in [-0.2, 0) is 16.0 Å². The van der Waals surface area contributed by atoms with Gasteiger partial charge in [0.05, 0.1) is 5.92 Å². The van der Waals surface area contributed by atoms with Gasteiger partial charge in [-0.3, -0.25) is 4.79 Å². The molecule has 2 unspecified atom stereocenters. The van der Waals surface area contributed by atoms with Gasteiger partial charge in [0.15, 0.2) is 0 Å². The van der Waals surface area contributed by atoms with E-state index in [0.717, 1.165) is 41.6 Å². The Morgan fingerprint density at radius 2 is 2.09 bits per heavy atom. The fraction of sp³-hybridized carbons (Fsp3) is 0.611. The highest BCUT2D eigenvalue weighted by Gasteiger charge is 2.32.